The van der Waals surface area contributed by atoms with Gasteiger partial charge in [0.15, 0.2) is 0 Å². The highest BCUT2D eigenvalue weighted by molar-refractivity contribution is 5.98. The molecule has 2 N–H and O–H groups in total. The number of allylic oxidation sites excluding steroid dienone is 1. The molecule has 6 heteroatoms. The lowest BCUT2D eigenvalue weighted by atomic mass is 9.87. The summed E-state index contributed by atoms with van der Waals surface area (Å²) in [5.41, 5.74) is 6.06. The molecule has 6 nitrogen and oxygen atoms in total. The van der Waals surface area contributed by atoms with E-state index in [1.165, 1.54) is 0 Å². The van der Waals surface area contributed by atoms with Crippen LogP contribution < -0.4 is 4.90 Å². The summed E-state index contributed by atoms with van der Waals surface area (Å²) >= 11 is 0. The third-order valence-corrected chi connectivity index (χ3v) is 6.62. The largest absolute Gasteiger partial charge is 0.508 e. The highest BCUT2D eigenvalue weighted by Gasteiger charge is 2.26. The summed E-state index contributed by atoms with van der Waals surface area (Å²) in [6, 6.07) is 26.1. The molecular weight excluding hydrogens is 476 g/mol. The van der Waals surface area contributed by atoms with Crippen LogP contribution in [0.2, 0.25) is 0 Å². The number of aliphatic hydroxyl groups excluding tert-OH is 1. The molecule has 0 unspecified atom stereocenters. The van der Waals surface area contributed by atoms with Gasteiger partial charge in [-0.25, -0.2) is 4.79 Å². The van der Waals surface area contributed by atoms with E-state index in [1.807, 2.05) is 51.1 Å². The van der Waals surface area contributed by atoms with Crippen LogP contribution in [0.4, 0.5) is 10.5 Å². The van der Waals surface area contributed by atoms with Crippen molar-refractivity contribution in [3.8, 4) is 5.75 Å². The summed E-state index contributed by atoms with van der Waals surface area (Å²) in [7, 11) is 0. The summed E-state index contributed by atoms with van der Waals surface area (Å²) in [4.78, 5) is 16.5. The van der Waals surface area contributed by atoms with Gasteiger partial charge in [-0.1, -0.05) is 54.6 Å². The number of piperazine rings is 1. The molecule has 0 atom stereocenters. The number of amides is 1. The standard InChI is InChI=1S/C32H38N2O4/c1-32(2,3)38-31(37)34-21-19-33(20-22-34)27-15-11-25(12-16-27)30(26-13-17-28(36)18-14-26)29(10-7-23-35)24-8-5-4-6-9-24/h4-6,8-9,11-18,35-36H,7,10,19-23H2,1-3H3/b30-29+. The molecule has 0 bridgehead atoms. The van der Waals surface area contributed by atoms with E-state index in [1.54, 1.807) is 17.0 Å². The lowest BCUT2D eigenvalue weighted by Crippen LogP contribution is -2.50. The van der Waals surface area contributed by atoms with Gasteiger partial charge in [-0.2, -0.15) is 0 Å². The first kappa shape index (κ1) is 27.3. The molecule has 1 saturated heterocycles. The number of phenolic OH excluding ortho intramolecular Hbond substituents is 1. The Kier molecular flexibility index (Phi) is 8.74. The number of carbonyl (C=O) groups excluding carboxylic acids is 1. The fourth-order valence-electron chi connectivity index (χ4n) is 4.76. The first-order valence-electron chi connectivity index (χ1n) is 13.3. The number of aromatic hydroxyl groups is 1. The van der Waals surface area contributed by atoms with Crippen molar-refractivity contribution in [1.29, 1.82) is 0 Å². The fraction of sp³-hybridized carbons (Fsp3) is 0.344. The van der Waals surface area contributed by atoms with Gasteiger partial charge < -0.3 is 24.7 Å². The molecule has 0 aliphatic carbocycles. The topological polar surface area (TPSA) is 73.2 Å². The van der Waals surface area contributed by atoms with Gasteiger partial charge in [0.2, 0.25) is 0 Å². The van der Waals surface area contributed by atoms with Crippen molar-refractivity contribution in [2.45, 2.75) is 39.2 Å². The Labute approximate surface area is 225 Å². The predicted octanol–water partition coefficient (Wildman–Crippen LogP) is 6.18. The molecule has 0 spiro atoms. The highest BCUT2D eigenvalue weighted by Crippen LogP contribution is 2.36. The molecule has 1 amide bonds. The van der Waals surface area contributed by atoms with Crippen LogP contribution >= 0.6 is 0 Å². The van der Waals surface area contributed by atoms with Crippen molar-refractivity contribution in [3.05, 3.63) is 95.6 Å². The summed E-state index contributed by atoms with van der Waals surface area (Å²) < 4.78 is 5.53. The number of hydrogen-bond acceptors (Lipinski definition) is 5. The Balaban J connectivity index is 1.62. The number of carbonyl (C=O) groups is 1. The molecule has 1 aliphatic heterocycles. The monoisotopic (exact) mass is 514 g/mol. The minimum absolute atomic E-state index is 0.118. The number of aliphatic hydroxyl groups is 1. The number of benzene rings is 3. The second-order valence-electron chi connectivity index (χ2n) is 10.6. The summed E-state index contributed by atoms with van der Waals surface area (Å²) in [6.07, 6.45) is 1.13. The Morgan fingerprint density at radius 1 is 0.816 bits per heavy atom. The number of anilines is 1. The van der Waals surface area contributed by atoms with E-state index in [0.717, 1.165) is 53.0 Å². The van der Waals surface area contributed by atoms with Gasteiger partial charge in [-0.05, 0) is 85.7 Å². The van der Waals surface area contributed by atoms with Crippen molar-refractivity contribution in [3.63, 3.8) is 0 Å². The number of rotatable bonds is 7. The third-order valence-electron chi connectivity index (χ3n) is 6.62. The van der Waals surface area contributed by atoms with E-state index in [4.69, 9.17) is 4.74 Å². The number of phenols is 1. The molecule has 4 rings (SSSR count). The van der Waals surface area contributed by atoms with Crippen LogP contribution in [0.3, 0.4) is 0 Å². The summed E-state index contributed by atoms with van der Waals surface area (Å²) in [5.74, 6) is 0.227. The van der Waals surface area contributed by atoms with Crippen molar-refractivity contribution < 1.29 is 19.7 Å². The Bertz CT molecular complexity index is 1220. The fourth-order valence-corrected chi connectivity index (χ4v) is 4.76. The normalized spacial score (nSPS) is 14.7. The van der Waals surface area contributed by atoms with E-state index in [9.17, 15) is 15.0 Å². The maximum absolute atomic E-state index is 12.4. The van der Waals surface area contributed by atoms with E-state index >= 15 is 0 Å². The van der Waals surface area contributed by atoms with Crippen molar-refractivity contribution in [1.82, 2.24) is 4.90 Å². The van der Waals surface area contributed by atoms with E-state index < -0.39 is 5.60 Å². The summed E-state index contributed by atoms with van der Waals surface area (Å²) in [5, 5.41) is 19.5. The van der Waals surface area contributed by atoms with Crippen LogP contribution in [0.15, 0.2) is 78.9 Å². The molecule has 1 aliphatic rings. The number of ether oxygens (including phenoxy) is 1. The van der Waals surface area contributed by atoms with Crippen LogP contribution in [0.1, 0.15) is 50.3 Å². The zero-order chi connectivity index (χ0) is 27.1. The maximum Gasteiger partial charge on any atom is 0.410 e. The van der Waals surface area contributed by atoms with Crippen LogP contribution in [0, 0.1) is 0 Å². The van der Waals surface area contributed by atoms with Crippen molar-refractivity contribution >= 4 is 22.9 Å². The van der Waals surface area contributed by atoms with Gasteiger partial charge in [0.05, 0.1) is 0 Å². The van der Waals surface area contributed by atoms with Crippen molar-refractivity contribution in [2.75, 3.05) is 37.7 Å². The third kappa shape index (κ3) is 6.95. The highest BCUT2D eigenvalue weighted by atomic mass is 16.6. The van der Waals surface area contributed by atoms with Gasteiger partial charge in [0.1, 0.15) is 11.4 Å². The first-order chi connectivity index (χ1) is 18.2. The SMILES string of the molecule is CC(C)(C)OC(=O)N1CCN(c2ccc(/C(=C(/CCCO)c3ccccc3)c3ccc(O)cc3)cc2)CC1. The predicted molar refractivity (Wildman–Crippen MR) is 153 cm³/mol. The van der Waals surface area contributed by atoms with Gasteiger partial charge >= 0.3 is 6.09 Å². The average Bonchev–Trinajstić information content (AvgIpc) is 2.92. The molecule has 0 radical (unpaired) electrons. The second-order valence-corrected chi connectivity index (χ2v) is 10.6. The van der Waals surface area contributed by atoms with Crippen LogP contribution in [-0.4, -0.2) is 59.6 Å². The lowest BCUT2D eigenvalue weighted by molar-refractivity contribution is 0.0240. The quantitative estimate of drug-likeness (QED) is 0.368. The number of hydrogen-bond donors (Lipinski definition) is 2. The van der Waals surface area contributed by atoms with Gasteiger partial charge in [-0.15, -0.1) is 0 Å². The second kappa shape index (κ2) is 12.2. The van der Waals surface area contributed by atoms with E-state index in [-0.39, 0.29) is 18.4 Å². The van der Waals surface area contributed by atoms with Crippen LogP contribution in [0.25, 0.3) is 11.1 Å². The maximum atomic E-state index is 12.4. The minimum atomic E-state index is -0.497. The van der Waals surface area contributed by atoms with Crippen LogP contribution in [0.5, 0.6) is 5.75 Å². The van der Waals surface area contributed by atoms with Gasteiger partial charge in [0.25, 0.3) is 0 Å². The van der Waals surface area contributed by atoms with Crippen molar-refractivity contribution in [2.24, 2.45) is 0 Å². The van der Waals surface area contributed by atoms with E-state index in [0.29, 0.717) is 19.5 Å². The summed E-state index contributed by atoms with van der Waals surface area (Å²) in [6.45, 7) is 8.50. The molecule has 200 valence electrons. The van der Waals surface area contributed by atoms with E-state index in [2.05, 4.69) is 41.3 Å². The van der Waals surface area contributed by atoms with Gasteiger partial charge in [0, 0.05) is 38.5 Å². The average molecular weight is 515 g/mol. The Hall–Kier alpha value is -3.77. The van der Waals surface area contributed by atoms with Crippen LogP contribution in [-0.2, 0) is 4.74 Å². The molecule has 1 heterocycles. The molecule has 3 aromatic carbocycles. The zero-order valence-electron chi connectivity index (χ0n) is 22.6. The number of nitrogens with zero attached hydrogens (tertiary/aromatic N) is 2. The Morgan fingerprint density at radius 2 is 1.39 bits per heavy atom. The smallest absolute Gasteiger partial charge is 0.410 e. The lowest BCUT2D eigenvalue weighted by Gasteiger charge is -2.36. The van der Waals surface area contributed by atoms with Gasteiger partial charge in [-0.3, -0.25) is 0 Å². The molecule has 3 aromatic rings. The molecule has 38 heavy (non-hydrogen) atoms. The molecular formula is C32H38N2O4. The molecule has 0 saturated carbocycles. The Morgan fingerprint density at radius 3 is 1.95 bits per heavy atom. The first-order valence-corrected chi connectivity index (χ1v) is 13.3. The molecule has 1 fully saturated rings. The minimum Gasteiger partial charge on any atom is -0.508 e. The zero-order valence-corrected chi connectivity index (χ0v) is 22.6. The molecule has 0 aromatic heterocycles.